The van der Waals surface area contributed by atoms with Gasteiger partial charge in [-0.1, -0.05) is 24.3 Å². The van der Waals surface area contributed by atoms with Gasteiger partial charge in [0.1, 0.15) is 6.04 Å². The van der Waals surface area contributed by atoms with Crippen molar-refractivity contribution in [2.45, 2.75) is 12.5 Å². The van der Waals surface area contributed by atoms with Crippen LogP contribution < -0.4 is 10.5 Å². The SMILES string of the molecule is CS(=O)(=O)NCCN1CCc2ccccc2C1C(N)=O. The molecule has 0 radical (unpaired) electrons. The van der Waals surface area contributed by atoms with E-state index in [-0.39, 0.29) is 6.54 Å². The summed E-state index contributed by atoms with van der Waals surface area (Å²) in [5.41, 5.74) is 7.56. The minimum atomic E-state index is -3.22. The van der Waals surface area contributed by atoms with Crippen LogP contribution in [-0.2, 0) is 21.2 Å². The van der Waals surface area contributed by atoms with Gasteiger partial charge in [-0.2, -0.15) is 0 Å². The molecule has 1 heterocycles. The van der Waals surface area contributed by atoms with Crippen molar-refractivity contribution in [2.75, 3.05) is 25.9 Å². The number of benzene rings is 1. The van der Waals surface area contributed by atoms with E-state index in [1.165, 1.54) is 0 Å². The van der Waals surface area contributed by atoms with Crippen molar-refractivity contribution in [3.8, 4) is 0 Å². The lowest BCUT2D eigenvalue weighted by Gasteiger charge is -2.35. The third kappa shape index (κ3) is 3.56. The molecule has 20 heavy (non-hydrogen) atoms. The van der Waals surface area contributed by atoms with Crippen LogP contribution in [0.15, 0.2) is 24.3 Å². The maximum Gasteiger partial charge on any atom is 0.239 e. The summed E-state index contributed by atoms with van der Waals surface area (Å²) in [6, 6.07) is 7.24. The van der Waals surface area contributed by atoms with Crippen LogP contribution in [0.1, 0.15) is 17.2 Å². The van der Waals surface area contributed by atoms with Crippen LogP contribution in [0.2, 0.25) is 0 Å². The van der Waals surface area contributed by atoms with Crippen LogP contribution in [0.5, 0.6) is 0 Å². The zero-order valence-corrected chi connectivity index (χ0v) is 12.2. The van der Waals surface area contributed by atoms with E-state index in [0.717, 1.165) is 23.8 Å². The van der Waals surface area contributed by atoms with Crippen molar-refractivity contribution in [1.82, 2.24) is 9.62 Å². The molecule has 2 rings (SSSR count). The van der Waals surface area contributed by atoms with Gasteiger partial charge in [0, 0.05) is 19.6 Å². The molecule has 0 saturated carbocycles. The van der Waals surface area contributed by atoms with E-state index < -0.39 is 22.0 Å². The van der Waals surface area contributed by atoms with E-state index in [1.807, 2.05) is 29.2 Å². The van der Waals surface area contributed by atoms with Gasteiger partial charge in [-0.25, -0.2) is 13.1 Å². The molecular weight excluding hydrogens is 278 g/mol. The number of nitrogens with one attached hydrogen (secondary N) is 1. The molecule has 1 aliphatic heterocycles. The molecule has 1 atom stereocenters. The number of nitrogens with two attached hydrogens (primary N) is 1. The van der Waals surface area contributed by atoms with Crippen molar-refractivity contribution >= 4 is 15.9 Å². The maximum atomic E-state index is 11.7. The Balaban J connectivity index is 2.13. The largest absolute Gasteiger partial charge is 0.368 e. The van der Waals surface area contributed by atoms with Gasteiger partial charge >= 0.3 is 0 Å². The number of sulfonamides is 1. The predicted octanol–water partition coefficient (Wildman–Crippen LogP) is -0.380. The third-order valence-corrected chi connectivity index (χ3v) is 4.14. The van der Waals surface area contributed by atoms with E-state index in [1.54, 1.807) is 0 Å². The van der Waals surface area contributed by atoms with Crippen LogP contribution in [0.4, 0.5) is 0 Å². The van der Waals surface area contributed by atoms with Gasteiger partial charge < -0.3 is 5.73 Å². The van der Waals surface area contributed by atoms with Crippen molar-refractivity contribution in [3.63, 3.8) is 0 Å². The number of primary amides is 1. The molecule has 0 aliphatic carbocycles. The van der Waals surface area contributed by atoms with Crippen LogP contribution in [0, 0.1) is 0 Å². The molecule has 6 nitrogen and oxygen atoms in total. The molecule has 1 aliphatic rings. The summed E-state index contributed by atoms with van der Waals surface area (Å²) >= 11 is 0. The Morgan fingerprint density at radius 3 is 2.80 bits per heavy atom. The highest BCUT2D eigenvalue weighted by Crippen LogP contribution is 2.28. The molecule has 1 aromatic carbocycles. The smallest absolute Gasteiger partial charge is 0.239 e. The lowest BCUT2D eigenvalue weighted by molar-refractivity contribution is -0.123. The van der Waals surface area contributed by atoms with Gasteiger partial charge in [-0.05, 0) is 17.5 Å². The number of nitrogens with zero attached hydrogens (tertiary/aromatic N) is 1. The van der Waals surface area contributed by atoms with E-state index in [0.29, 0.717) is 13.1 Å². The number of carbonyl (C=O) groups excluding carboxylic acids is 1. The molecule has 3 N–H and O–H groups in total. The Bertz CT molecular complexity index is 601. The summed E-state index contributed by atoms with van der Waals surface area (Å²) in [5.74, 6) is -0.406. The Labute approximate surface area is 119 Å². The lowest BCUT2D eigenvalue weighted by Crippen LogP contribution is -2.45. The normalized spacial score (nSPS) is 19.6. The van der Waals surface area contributed by atoms with Gasteiger partial charge in [0.05, 0.1) is 6.26 Å². The quantitative estimate of drug-likeness (QED) is 0.775. The zero-order valence-electron chi connectivity index (χ0n) is 11.4. The fourth-order valence-corrected chi connectivity index (χ4v) is 3.03. The van der Waals surface area contributed by atoms with Crippen molar-refractivity contribution in [1.29, 1.82) is 0 Å². The summed E-state index contributed by atoms with van der Waals surface area (Å²) in [6.07, 6.45) is 1.95. The first-order valence-corrected chi connectivity index (χ1v) is 8.33. The molecule has 0 bridgehead atoms. The van der Waals surface area contributed by atoms with E-state index >= 15 is 0 Å². The molecule has 7 heteroatoms. The standard InChI is InChI=1S/C13H19N3O3S/c1-20(18,19)15-7-9-16-8-6-10-4-2-3-5-11(10)12(16)13(14)17/h2-5,12,15H,6-9H2,1H3,(H2,14,17). The lowest BCUT2D eigenvalue weighted by atomic mass is 9.92. The molecule has 110 valence electrons. The van der Waals surface area contributed by atoms with Crippen LogP contribution >= 0.6 is 0 Å². The fraction of sp³-hybridized carbons (Fsp3) is 0.462. The fourth-order valence-electron chi connectivity index (χ4n) is 2.57. The van der Waals surface area contributed by atoms with Crippen LogP contribution in [-0.4, -0.2) is 45.1 Å². The molecule has 1 aromatic rings. The van der Waals surface area contributed by atoms with Crippen molar-refractivity contribution < 1.29 is 13.2 Å². The van der Waals surface area contributed by atoms with Gasteiger partial charge in [-0.15, -0.1) is 0 Å². The minimum absolute atomic E-state index is 0.269. The first-order chi connectivity index (χ1) is 9.38. The second kappa shape index (κ2) is 5.90. The van der Waals surface area contributed by atoms with Crippen LogP contribution in [0.25, 0.3) is 0 Å². The third-order valence-electron chi connectivity index (χ3n) is 3.42. The highest BCUT2D eigenvalue weighted by atomic mass is 32.2. The van der Waals surface area contributed by atoms with Crippen LogP contribution in [0.3, 0.4) is 0 Å². The van der Waals surface area contributed by atoms with Crippen molar-refractivity contribution in [3.05, 3.63) is 35.4 Å². The number of rotatable bonds is 5. The average molecular weight is 297 g/mol. The predicted molar refractivity (Wildman–Crippen MR) is 76.5 cm³/mol. The highest BCUT2D eigenvalue weighted by molar-refractivity contribution is 7.88. The Morgan fingerprint density at radius 1 is 1.45 bits per heavy atom. The second-order valence-electron chi connectivity index (χ2n) is 4.96. The summed E-state index contributed by atoms with van der Waals surface area (Å²) in [5, 5.41) is 0. The van der Waals surface area contributed by atoms with E-state index in [9.17, 15) is 13.2 Å². The summed E-state index contributed by atoms with van der Waals surface area (Å²) < 4.78 is 24.6. The highest BCUT2D eigenvalue weighted by Gasteiger charge is 2.30. The van der Waals surface area contributed by atoms with Crippen molar-refractivity contribution in [2.24, 2.45) is 5.73 Å². The number of carbonyl (C=O) groups is 1. The second-order valence-corrected chi connectivity index (χ2v) is 6.79. The van der Waals surface area contributed by atoms with E-state index in [4.69, 9.17) is 5.73 Å². The van der Waals surface area contributed by atoms with Gasteiger partial charge in [0.2, 0.25) is 15.9 Å². The Kier molecular flexibility index (Phi) is 4.42. The number of hydrogen-bond acceptors (Lipinski definition) is 4. The Morgan fingerprint density at radius 2 is 2.15 bits per heavy atom. The van der Waals surface area contributed by atoms with Gasteiger partial charge in [0.25, 0.3) is 0 Å². The number of fused-ring (bicyclic) bond motifs is 1. The first-order valence-electron chi connectivity index (χ1n) is 6.44. The van der Waals surface area contributed by atoms with Gasteiger partial charge in [0.15, 0.2) is 0 Å². The molecule has 1 unspecified atom stereocenters. The Hall–Kier alpha value is -1.44. The molecule has 0 saturated heterocycles. The monoisotopic (exact) mass is 297 g/mol. The average Bonchev–Trinajstić information content (AvgIpc) is 2.36. The molecule has 0 spiro atoms. The number of hydrogen-bond donors (Lipinski definition) is 2. The van der Waals surface area contributed by atoms with Gasteiger partial charge in [-0.3, -0.25) is 9.69 Å². The number of amides is 1. The summed E-state index contributed by atoms with van der Waals surface area (Å²) in [7, 11) is -3.22. The molecule has 1 amide bonds. The zero-order chi connectivity index (χ0) is 14.8. The molecule has 0 fully saturated rings. The molecular formula is C13H19N3O3S. The topological polar surface area (TPSA) is 92.5 Å². The summed E-state index contributed by atoms with van der Waals surface area (Å²) in [4.78, 5) is 13.6. The first kappa shape index (κ1) is 15.0. The molecule has 0 aromatic heterocycles. The minimum Gasteiger partial charge on any atom is -0.368 e. The summed E-state index contributed by atoms with van der Waals surface area (Å²) in [6.45, 7) is 1.41. The van der Waals surface area contributed by atoms with E-state index in [2.05, 4.69) is 4.72 Å². The maximum absolute atomic E-state index is 11.7.